The van der Waals surface area contributed by atoms with E-state index < -0.39 is 11.4 Å². The van der Waals surface area contributed by atoms with Crippen molar-refractivity contribution in [3.63, 3.8) is 0 Å². The molecule has 0 aliphatic carbocycles. The highest BCUT2D eigenvalue weighted by Crippen LogP contribution is 2.40. The van der Waals surface area contributed by atoms with Crippen molar-refractivity contribution < 1.29 is 14.3 Å². The average Bonchev–Trinajstić information content (AvgIpc) is 2.74. The second kappa shape index (κ2) is 7.46. The predicted molar refractivity (Wildman–Crippen MR) is 121 cm³/mol. The minimum absolute atomic E-state index is 0.0266. The molecular formula is C24H17ClFN3O3. The zero-order valence-corrected chi connectivity index (χ0v) is 17.5. The van der Waals surface area contributed by atoms with Crippen LogP contribution in [0.3, 0.4) is 0 Å². The van der Waals surface area contributed by atoms with E-state index in [0.29, 0.717) is 24.0 Å². The number of halogens is 2. The van der Waals surface area contributed by atoms with Crippen molar-refractivity contribution in [2.24, 2.45) is 0 Å². The summed E-state index contributed by atoms with van der Waals surface area (Å²) < 4.78 is 17.1. The summed E-state index contributed by atoms with van der Waals surface area (Å²) in [4.78, 5) is 30.5. The van der Waals surface area contributed by atoms with E-state index in [2.05, 4.69) is 11.6 Å². The molecule has 160 valence electrons. The van der Waals surface area contributed by atoms with Crippen LogP contribution in [0.15, 0.2) is 66.2 Å². The molecule has 4 aromatic rings. The lowest BCUT2D eigenvalue weighted by Gasteiger charge is -2.39. The molecule has 1 saturated heterocycles. The molecule has 3 aromatic carbocycles. The number of aromatic nitrogens is 2. The highest BCUT2D eigenvalue weighted by molar-refractivity contribution is 6.34. The van der Waals surface area contributed by atoms with Gasteiger partial charge in [0.15, 0.2) is 5.82 Å². The highest BCUT2D eigenvalue weighted by Gasteiger charge is 2.32. The Labute approximate surface area is 186 Å². The van der Waals surface area contributed by atoms with Crippen LogP contribution in [0.2, 0.25) is 5.02 Å². The number of aromatic hydroxyl groups is 1. The Morgan fingerprint density at radius 1 is 1.22 bits per heavy atom. The zero-order chi connectivity index (χ0) is 22.6. The minimum atomic E-state index is -0.732. The monoisotopic (exact) mass is 449 g/mol. The van der Waals surface area contributed by atoms with Gasteiger partial charge in [-0.2, -0.15) is 0 Å². The first-order valence-corrected chi connectivity index (χ1v) is 10.3. The summed E-state index contributed by atoms with van der Waals surface area (Å²) in [6, 6.07) is 11.4. The van der Waals surface area contributed by atoms with Gasteiger partial charge in [-0.25, -0.2) is 9.37 Å². The number of amides is 1. The molecular weight excluding hydrogens is 433 g/mol. The molecule has 1 fully saturated rings. The molecule has 0 atom stereocenters. The molecule has 32 heavy (non-hydrogen) atoms. The van der Waals surface area contributed by atoms with E-state index in [-0.39, 0.29) is 39.2 Å². The van der Waals surface area contributed by atoms with Gasteiger partial charge in [-0.05, 0) is 40.6 Å². The highest BCUT2D eigenvalue weighted by atomic mass is 35.5. The number of nitrogens with zero attached hydrogens (tertiary/aromatic N) is 3. The van der Waals surface area contributed by atoms with Crippen LogP contribution in [0, 0.1) is 5.82 Å². The number of benzene rings is 3. The van der Waals surface area contributed by atoms with Crippen LogP contribution in [0.1, 0.15) is 6.04 Å². The second-order valence-corrected chi connectivity index (χ2v) is 8.12. The summed E-state index contributed by atoms with van der Waals surface area (Å²) in [7, 11) is 0. The Morgan fingerprint density at radius 3 is 2.72 bits per heavy atom. The summed E-state index contributed by atoms with van der Waals surface area (Å²) >= 11 is 6.47. The summed E-state index contributed by atoms with van der Waals surface area (Å²) in [5.41, 5.74) is -0.0499. The maximum absolute atomic E-state index is 15.7. The van der Waals surface area contributed by atoms with Gasteiger partial charge in [-0.3, -0.25) is 14.2 Å². The molecule has 1 aliphatic rings. The normalized spacial score (nSPS) is 14.0. The number of hydrogen-bond acceptors (Lipinski definition) is 4. The molecule has 8 heteroatoms. The molecule has 2 heterocycles. The lowest BCUT2D eigenvalue weighted by atomic mass is 9.96. The topological polar surface area (TPSA) is 75.4 Å². The molecule has 0 radical (unpaired) electrons. The van der Waals surface area contributed by atoms with Crippen LogP contribution in [-0.2, 0) is 4.79 Å². The zero-order valence-electron chi connectivity index (χ0n) is 16.8. The fraction of sp³-hybridized carbons (Fsp3) is 0.125. The average molecular weight is 450 g/mol. The number of rotatable bonds is 3. The third-order valence-corrected chi connectivity index (χ3v) is 6.12. The molecule has 0 saturated carbocycles. The lowest BCUT2D eigenvalue weighted by Crippen LogP contribution is -2.52. The standard InChI is InChI=1S/C24H17ClFN3O3/c1-2-20(31)28-10-14(11-28)29-12-27-23-18(24(29)32)9-19(25)21(22(23)26)17-8-15(30)7-13-5-3-4-6-16(13)17/h2-9,12,14,30H,1,10-11H2. The Hall–Kier alpha value is -3.71. The molecule has 1 aliphatic heterocycles. The van der Waals surface area contributed by atoms with Crippen molar-refractivity contribution in [3.05, 3.63) is 82.6 Å². The van der Waals surface area contributed by atoms with Gasteiger partial charge in [-0.1, -0.05) is 42.4 Å². The van der Waals surface area contributed by atoms with Gasteiger partial charge in [-0.15, -0.1) is 0 Å². The second-order valence-electron chi connectivity index (χ2n) is 7.72. The van der Waals surface area contributed by atoms with Crippen LogP contribution in [0.5, 0.6) is 5.75 Å². The summed E-state index contributed by atoms with van der Waals surface area (Å²) in [5.74, 6) is -0.967. The summed E-state index contributed by atoms with van der Waals surface area (Å²) in [6.45, 7) is 4.15. The van der Waals surface area contributed by atoms with Crippen LogP contribution >= 0.6 is 11.6 Å². The van der Waals surface area contributed by atoms with Gasteiger partial charge >= 0.3 is 0 Å². The Kier molecular flexibility index (Phi) is 4.71. The minimum Gasteiger partial charge on any atom is -0.508 e. The maximum atomic E-state index is 15.7. The van der Waals surface area contributed by atoms with Crippen molar-refractivity contribution in [2.75, 3.05) is 13.1 Å². The first kappa shape index (κ1) is 20.2. The number of carbonyl (C=O) groups is 1. The van der Waals surface area contributed by atoms with E-state index >= 15 is 4.39 Å². The van der Waals surface area contributed by atoms with E-state index in [1.807, 2.05) is 18.2 Å². The molecule has 0 bridgehead atoms. The fourth-order valence-corrected chi connectivity index (χ4v) is 4.45. The third kappa shape index (κ3) is 3.05. The summed E-state index contributed by atoms with van der Waals surface area (Å²) in [5, 5.41) is 11.7. The van der Waals surface area contributed by atoms with E-state index in [1.54, 1.807) is 17.0 Å². The third-order valence-electron chi connectivity index (χ3n) is 5.83. The van der Waals surface area contributed by atoms with Crippen molar-refractivity contribution in [1.82, 2.24) is 14.5 Å². The van der Waals surface area contributed by atoms with Crippen LogP contribution in [-0.4, -0.2) is 38.6 Å². The smallest absolute Gasteiger partial charge is 0.261 e. The van der Waals surface area contributed by atoms with Crippen molar-refractivity contribution in [2.45, 2.75) is 6.04 Å². The molecule has 0 unspecified atom stereocenters. The first-order chi connectivity index (χ1) is 15.4. The van der Waals surface area contributed by atoms with Gasteiger partial charge < -0.3 is 10.0 Å². The molecule has 1 N–H and O–H groups in total. The Balaban J connectivity index is 1.65. The number of carbonyl (C=O) groups excluding carboxylic acids is 1. The van der Waals surface area contributed by atoms with E-state index in [4.69, 9.17) is 11.6 Å². The SMILES string of the molecule is C=CC(=O)N1CC(n2cnc3c(F)c(-c4cc(O)cc5ccccc45)c(Cl)cc3c2=O)C1. The van der Waals surface area contributed by atoms with E-state index in [9.17, 15) is 14.7 Å². The maximum Gasteiger partial charge on any atom is 0.261 e. The van der Waals surface area contributed by atoms with Crippen LogP contribution < -0.4 is 5.56 Å². The molecule has 1 amide bonds. The Morgan fingerprint density at radius 2 is 1.97 bits per heavy atom. The number of phenols is 1. The fourth-order valence-electron chi connectivity index (χ4n) is 4.16. The van der Waals surface area contributed by atoms with E-state index in [1.165, 1.54) is 29.1 Å². The van der Waals surface area contributed by atoms with Gasteiger partial charge in [0, 0.05) is 18.7 Å². The molecule has 6 nitrogen and oxygen atoms in total. The summed E-state index contributed by atoms with van der Waals surface area (Å²) in [6.07, 6.45) is 2.52. The Bertz CT molecular complexity index is 1490. The van der Waals surface area contributed by atoms with Crippen molar-refractivity contribution in [1.29, 1.82) is 0 Å². The predicted octanol–water partition coefficient (Wildman–Crippen LogP) is 4.28. The van der Waals surface area contributed by atoms with E-state index in [0.717, 1.165) is 5.39 Å². The first-order valence-electron chi connectivity index (χ1n) is 9.91. The number of hydrogen-bond donors (Lipinski definition) is 1. The number of likely N-dealkylation sites (tertiary alicyclic amines) is 1. The van der Waals surface area contributed by atoms with Gasteiger partial charge in [0.1, 0.15) is 11.3 Å². The van der Waals surface area contributed by atoms with Gasteiger partial charge in [0.25, 0.3) is 5.56 Å². The quantitative estimate of drug-likeness (QED) is 0.473. The van der Waals surface area contributed by atoms with Crippen molar-refractivity contribution >= 4 is 39.2 Å². The lowest BCUT2D eigenvalue weighted by molar-refractivity contribution is -0.131. The van der Waals surface area contributed by atoms with Crippen LogP contribution in [0.25, 0.3) is 32.8 Å². The number of fused-ring (bicyclic) bond motifs is 2. The number of phenolic OH excluding ortho intramolecular Hbond substituents is 1. The molecule has 5 rings (SSSR count). The van der Waals surface area contributed by atoms with Crippen molar-refractivity contribution in [3.8, 4) is 16.9 Å². The largest absolute Gasteiger partial charge is 0.508 e. The van der Waals surface area contributed by atoms with Gasteiger partial charge in [0.05, 0.1) is 22.8 Å². The molecule has 0 spiro atoms. The molecule has 1 aromatic heterocycles. The van der Waals surface area contributed by atoms with Crippen LogP contribution in [0.4, 0.5) is 4.39 Å². The van der Waals surface area contributed by atoms with Gasteiger partial charge in [0.2, 0.25) is 5.91 Å².